The number of anilines is 2. The number of ether oxygens (including phenoxy) is 1. The number of hydrogen-bond acceptors (Lipinski definition) is 4. The largest absolute Gasteiger partial charge is 0.462 e. The van der Waals surface area contributed by atoms with Gasteiger partial charge in [0.1, 0.15) is 0 Å². The molecule has 0 radical (unpaired) electrons. The fourth-order valence-electron chi connectivity index (χ4n) is 2.02. The third-order valence-corrected chi connectivity index (χ3v) is 3.37. The van der Waals surface area contributed by atoms with Crippen LogP contribution in [0.4, 0.5) is 11.4 Å². The van der Waals surface area contributed by atoms with Gasteiger partial charge < -0.3 is 15.8 Å². The van der Waals surface area contributed by atoms with E-state index in [-0.39, 0.29) is 5.97 Å². The van der Waals surface area contributed by atoms with E-state index in [0.29, 0.717) is 17.9 Å². The maximum Gasteiger partial charge on any atom is 0.338 e. The van der Waals surface area contributed by atoms with Gasteiger partial charge in [-0.25, -0.2) is 4.79 Å². The lowest BCUT2D eigenvalue weighted by molar-refractivity contribution is 0.0526. The van der Waals surface area contributed by atoms with Crippen LogP contribution in [0, 0.1) is 5.92 Å². The minimum Gasteiger partial charge on any atom is -0.462 e. The molecule has 4 nitrogen and oxygen atoms in total. The second-order valence-electron chi connectivity index (χ2n) is 4.70. The topological polar surface area (TPSA) is 64.3 Å². The average Bonchev–Trinajstić information content (AvgIpc) is 2.29. The normalized spacial score (nSPS) is 14.9. The Morgan fingerprint density at radius 2 is 2.28 bits per heavy atom. The molecular weight excluding hydrogens is 228 g/mol. The van der Waals surface area contributed by atoms with Crippen molar-refractivity contribution in [2.75, 3.05) is 24.2 Å². The number of benzene rings is 1. The summed E-state index contributed by atoms with van der Waals surface area (Å²) < 4.78 is 4.93. The van der Waals surface area contributed by atoms with E-state index >= 15 is 0 Å². The van der Waals surface area contributed by atoms with E-state index < -0.39 is 0 Å². The summed E-state index contributed by atoms with van der Waals surface area (Å²) in [5.74, 6) is 0.448. The molecule has 3 N–H and O–H groups in total. The molecule has 18 heavy (non-hydrogen) atoms. The molecule has 1 aromatic rings. The predicted octanol–water partition coefficient (Wildman–Crippen LogP) is 2.66. The smallest absolute Gasteiger partial charge is 0.338 e. The Bertz CT molecular complexity index is 428. The number of carbonyl (C=O) groups is 1. The second-order valence-corrected chi connectivity index (χ2v) is 4.70. The number of nitrogens with one attached hydrogen (secondary N) is 1. The highest BCUT2D eigenvalue weighted by Gasteiger charge is 2.17. The summed E-state index contributed by atoms with van der Waals surface area (Å²) in [6.07, 6.45) is 3.94. The van der Waals surface area contributed by atoms with E-state index in [1.165, 1.54) is 19.3 Å². The van der Waals surface area contributed by atoms with Gasteiger partial charge in [-0.05, 0) is 43.9 Å². The maximum atomic E-state index is 11.5. The van der Waals surface area contributed by atoms with Gasteiger partial charge in [0.05, 0.1) is 23.5 Å². The monoisotopic (exact) mass is 248 g/mol. The Kier molecular flexibility index (Phi) is 4.07. The van der Waals surface area contributed by atoms with Crippen LogP contribution in [-0.2, 0) is 4.74 Å². The fraction of sp³-hybridized carbons (Fsp3) is 0.500. The van der Waals surface area contributed by atoms with Crippen molar-refractivity contribution < 1.29 is 9.53 Å². The Hall–Kier alpha value is -1.71. The molecule has 2 rings (SSSR count). The summed E-state index contributed by atoms with van der Waals surface area (Å²) in [4.78, 5) is 11.5. The van der Waals surface area contributed by atoms with Crippen LogP contribution in [0.15, 0.2) is 18.2 Å². The van der Waals surface area contributed by atoms with Gasteiger partial charge >= 0.3 is 5.97 Å². The number of hydrogen-bond donors (Lipinski definition) is 2. The molecule has 0 amide bonds. The molecule has 1 aliphatic carbocycles. The lowest BCUT2D eigenvalue weighted by Gasteiger charge is -2.26. The van der Waals surface area contributed by atoms with Crippen molar-refractivity contribution in [3.8, 4) is 0 Å². The van der Waals surface area contributed by atoms with E-state index in [1.54, 1.807) is 19.1 Å². The van der Waals surface area contributed by atoms with Crippen LogP contribution in [0.25, 0.3) is 0 Å². The van der Waals surface area contributed by atoms with Gasteiger partial charge in [-0.2, -0.15) is 0 Å². The summed E-state index contributed by atoms with van der Waals surface area (Å²) in [5, 5.41) is 3.34. The summed E-state index contributed by atoms with van der Waals surface area (Å²) in [5.41, 5.74) is 7.93. The van der Waals surface area contributed by atoms with Crippen molar-refractivity contribution in [2.24, 2.45) is 5.92 Å². The van der Waals surface area contributed by atoms with Crippen molar-refractivity contribution in [1.82, 2.24) is 0 Å². The van der Waals surface area contributed by atoms with Crippen molar-refractivity contribution in [1.29, 1.82) is 0 Å². The predicted molar refractivity (Wildman–Crippen MR) is 72.6 cm³/mol. The first-order valence-electron chi connectivity index (χ1n) is 6.51. The van der Waals surface area contributed by atoms with Gasteiger partial charge in [0.25, 0.3) is 0 Å². The molecule has 1 aromatic carbocycles. The van der Waals surface area contributed by atoms with Gasteiger partial charge in [0.2, 0.25) is 0 Å². The zero-order valence-electron chi connectivity index (χ0n) is 10.7. The SMILES string of the molecule is CCOC(=O)c1ccc(NCC2CCC2)c(N)c1. The molecule has 98 valence electrons. The Morgan fingerprint density at radius 1 is 1.50 bits per heavy atom. The van der Waals surface area contributed by atoms with Crippen molar-refractivity contribution >= 4 is 17.3 Å². The van der Waals surface area contributed by atoms with Crippen LogP contribution in [0.2, 0.25) is 0 Å². The minimum absolute atomic E-state index is 0.324. The summed E-state index contributed by atoms with van der Waals surface area (Å²) in [7, 11) is 0. The molecule has 0 aliphatic heterocycles. The van der Waals surface area contributed by atoms with Gasteiger partial charge in [0, 0.05) is 6.54 Å². The lowest BCUT2D eigenvalue weighted by Crippen LogP contribution is -2.21. The van der Waals surface area contributed by atoms with Crippen LogP contribution >= 0.6 is 0 Å². The summed E-state index contributed by atoms with van der Waals surface area (Å²) in [6, 6.07) is 5.26. The molecule has 0 spiro atoms. The number of rotatable bonds is 5. The molecule has 0 atom stereocenters. The fourth-order valence-corrected chi connectivity index (χ4v) is 2.02. The van der Waals surface area contributed by atoms with E-state index in [4.69, 9.17) is 10.5 Å². The standard InChI is InChI=1S/C14H20N2O2/c1-2-18-14(17)11-6-7-13(12(15)8-11)16-9-10-4-3-5-10/h6-8,10,16H,2-5,9,15H2,1H3. The van der Waals surface area contributed by atoms with E-state index in [2.05, 4.69) is 5.32 Å². The van der Waals surface area contributed by atoms with Crippen LogP contribution < -0.4 is 11.1 Å². The highest BCUT2D eigenvalue weighted by molar-refractivity contribution is 5.91. The Labute approximate surface area is 108 Å². The van der Waals surface area contributed by atoms with Crippen LogP contribution in [0.1, 0.15) is 36.5 Å². The second kappa shape index (κ2) is 5.76. The van der Waals surface area contributed by atoms with Crippen molar-refractivity contribution in [2.45, 2.75) is 26.2 Å². The zero-order valence-corrected chi connectivity index (χ0v) is 10.7. The lowest BCUT2D eigenvalue weighted by atomic mass is 9.85. The summed E-state index contributed by atoms with van der Waals surface area (Å²) in [6.45, 7) is 3.12. The highest BCUT2D eigenvalue weighted by atomic mass is 16.5. The van der Waals surface area contributed by atoms with Gasteiger partial charge in [-0.15, -0.1) is 0 Å². The Balaban J connectivity index is 1.97. The number of esters is 1. The molecule has 0 bridgehead atoms. The number of nitrogens with two attached hydrogens (primary N) is 1. The zero-order chi connectivity index (χ0) is 13.0. The average molecular weight is 248 g/mol. The minimum atomic E-state index is -0.324. The number of carbonyl (C=O) groups excluding carboxylic acids is 1. The van der Waals surface area contributed by atoms with Gasteiger partial charge in [-0.1, -0.05) is 6.42 Å². The third-order valence-electron chi connectivity index (χ3n) is 3.37. The summed E-state index contributed by atoms with van der Waals surface area (Å²) >= 11 is 0. The molecule has 0 saturated heterocycles. The maximum absolute atomic E-state index is 11.5. The van der Waals surface area contributed by atoms with E-state index in [1.807, 2.05) is 6.07 Å². The molecule has 4 heteroatoms. The van der Waals surface area contributed by atoms with Crippen LogP contribution in [0.5, 0.6) is 0 Å². The third kappa shape index (κ3) is 2.94. The van der Waals surface area contributed by atoms with Crippen LogP contribution in [-0.4, -0.2) is 19.1 Å². The molecule has 0 heterocycles. The molecule has 1 fully saturated rings. The van der Waals surface area contributed by atoms with Crippen molar-refractivity contribution in [3.05, 3.63) is 23.8 Å². The van der Waals surface area contributed by atoms with Gasteiger partial charge in [-0.3, -0.25) is 0 Å². The van der Waals surface area contributed by atoms with Gasteiger partial charge in [0.15, 0.2) is 0 Å². The molecule has 1 aliphatic rings. The van der Waals surface area contributed by atoms with Crippen LogP contribution in [0.3, 0.4) is 0 Å². The molecule has 0 aromatic heterocycles. The number of nitrogen functional groups attached to an aromatic ring is 1. The molecular formula is C14H20N2O2. The quantitative estimate of drug-likeness (QED) is 0.621. The van der Waals surface area contributed by atoms with E-state index in [0.717, 1.165) is 18.2 Å². The highest BCUT2D eigenvalue weighted by Crippen LogP contribution is 2.28. The first kappa shape index (κ1) is 12.7. The molecule has 0 unspecified atom stereocenters. The first-order valence-corrected chi connectivity index (χ1v) is 6.51. The Morgan fingerprint density at radius 3 is 2.83 bits per heavy atom. The van der Waals surface area contributed by atoms with Crippen molar-refractivity contribution in [3.63, 3.8) is 0 Å². The van der Waals surface area contributed by atoms with E-state index in [9.17, 15) is 4.79 Å². The molecule has 1 saturated carbocycles. The first-order chi connectivity index (χ1) is 8.70.